The number of aromatic nitrogens is 2. The minimum atomic E-state index is -0.405. The Morgan fingerprint density at radius 2 is 2.25 bits per heavy atom. The lowest BCUT2D eigenvalue weighted by molar-refractivity contribution is -0.162. The standard InChI is InChI=1S/C17H20N2O5/c1-21-17(20)13-6-4-5-12(11-13)16-19-18-14(24-16)8-10-23-15-7-2-3-9-22-15/h4-6,11,15H,2-3,7-10H2,1H3. The zero-order valence-electron chi connectivity index (χ0n) is 13.6. The van der Waals surface area contributed by atoms with E-state index in [1.807, 2.05) is 0 Å². The van der Waals surface area contributed by atoms with Crippen molar-refractivity contribution in [2.24, 2.45) is 0 Å². The predicted molar refractivity (Wildman–Crippen MR) is 84.3 cm³/mol. The molecule has 0 spiro atoms. The minimum absolute atomic E-state index is 0.127. The summed E-state index contributed by atoms with van der Waals surface area (Å²) in [6.45, 7) is 1.22. The summed E-state index contributed by atoms with van der Waals surface area (Å²) < 4.78 is 21.5. The summed E-state index contributed by atoms with van der Waals surface area (Å²) in [4.78, 5) is 11.6. The molecule has 2 aromatic rings. The molecule has 1 fully saturated rings. The first kappa shape index (κ1) is 16.6. The Labute approximate surface area is 139 Å². The van der Waals surface area contributed by atoms with Gasteiger partial charge in [0.25, 0.3) is 0 Å². The molecule has 128 valence electrons. The van der Waals surface area contributed by atoms with Crippen molar-refractivity contribution in [1.82, 2.24) is 10.2 Å². The lowest BCUT2D eigenvalue weighted by Gasteiger charge is -2.22. The Hall–Kier alpha value is -2.25. The smallest absolute Gasteiger partial charge is 0.337 e. The van der Waals surface area contributed by atoms with Crippen molar-refractivity contribution in [2.45, 2.75) is 32.0 Å². The maximum Gasteiger partial charge on any atom is 0.337 e. The van der Waals surface area contributed by atoms with Crippen LogP contribution < -0.4 is 0 Å². The molecule has 0 radical (unpaired) electrons. The molecule has 1 aromatic carbocycles. The van der Waals surface area contributed by atoms with Crippen LogP contribution in [0.5, 0.6) is 0 Å². The van der Waals surface area contributed by atoms with E-state index in [4.69, 9.17) is 18.6 Å². The summed E-state index contributed by atoms with van der Waals surface area (Å²) in [7, 11) is 1.34. The Kier molecular flexibility index (Phi) is 5.55. The van der Waals surface area contributed by atoms with Crippen molar-refractivity contribution in [3.63, 3.8) is 0 Å². The number of esters is 1. The van der Waals surface area contributed by atoms with E-state index in [0.29, 0.717) is 35.9 Å². The maximum absolute atomic E-state index is 11.6. The topological polar surface area (TPSA) is 83.7 Å². The molecule has 7 nitrogen and oxygen atoms in total. The first-order chi connectivity index (χ1) is 11.8. The first-order valence-electron chi connectivity index (χ1n) is 8.00. The fourth-order valence-electron chi connectivity index (χ4n) is 2.49. The van der Waals surface area contributed by atoms with E-state index in [1.165, 1.54) is 7.11 Å². The van der Waals surface area contributed by atoms with Crippen LogP contribution in [0.4, 0.5) is 0 Å². The highest BCUT2D eigenvalue weighted by atomic mass is 16.7. The second-order valence-corrected chi connectivity index (χ2v) is 5.49. The van der Waals surface area contributed by atoms with Gasteiger partial charge in [0.05, 0.1) is 19.3 Å². The third-order valence-electron chi connectivity index (χ3n) is 3.76. The van der Waals surface area contributed by atoms with Crippen LogP contribution in [-0.4, -0.2) is 42.8 Å². The Bertz CT molecular complexity index is 679. The molecule has 0 aliphatic carbocycles. The molecule has 1 unspecified atom stereocenters. The molecule has 1 aromatic heterocycles. The van der Waals surface area contributed by atoms with E-state index in [-0.39, 0.29) is 6.29 Å². The van der Waals surface area contributed by atoms with Crippen molar-refractivity contribution in [3.8, 4) is 11.5 Å². The lowest BCUT2D eigenvalue weighted by Crippen LogP contribution is -2.23. The van der Waals surface area contributed by atoms with Crippen LogP contribution in [0, 0.1) is 0 Å². The summed E-state index contributed by atoms with van der Waals surface area (Å²) >= 11 is 0. The number of carbonyl (C=O) groups excluding carboxylic acids is 1. The van der Waals surface area contributed by atoms with E-state index < -0.39 is 5.97 Å². The van der Waals surface area contributed by atoms with Gasteiger partial charge in [-0.2, -0.15) is 0 Å². The summed E-state index contributed by atoms with van der Waals surface area (Å²) in [6, 6.07) is 6.88. The quantitative estimate of drug-likeness (QED) is 0.752. The highest BCUT2D eigenvalue weighted by molar-refractivity contribution is 5.90. The fraction of sp³-hybridized carbons (Fsp3) is 0.471. The molecule has 0 bridgehead atoms. The van der Waals surface area contributed by atoms with Crippen LogP contribution in [0.15, 0.2) is 28.7 Å². The summed E-state index contributed by atoms with van der Waals surface area (Å²) in [5, 5.41) is 8.04. The average Bonchev–Trinajstić information content (AvgIpc) is 3.11. The van der Waals surface area contributed by atoms with E-state index in [0.717, 1.165) is 25.9 Å². The number of nitrogens with zero attached hydrogens (tertiary/aromatic N) is 2. The van der Waals surface area contributed by atoms with Gasteiger partial charge in [0.1, 0.15) is 0 Å². The van der Waals surface area contributed by atoms with E-state index >= 15 is 0 Å². The maximum atomic E-state index is 11.6. The van der Waals surface area contributed by atoms with Gasteiger partial charge in [0.15, 0.2) is 6.29 Å². The highest BCUT2D eigenvalue weighted by Crippen LogP contribution is 2.20. The third-order valence-corrected chi connectivity index (χ3v) is 3.76. The monoisotopic (exact) mass is 332 g/mol. The molecule has 0 saturated carbocycles. The van der Waals surface area contributed by atoms with Crippen molar-refractivity contribution < 1.29 is 23.4 Å². The zero-order valence-corrected chi connectivity index (χ0v) is 13.6. The summed E-state index contributed by atoms with van der Waals surface area (Å²) in [6.07, 6.45) is 3.54. The van der Waals surface area contributed by atoms with Crippen LogP contribution in [-0.2, 0) is 20.6 Å². The summed E-state index contributed by atoms with van der Waals surface area (Å²) in [5.74, 6) is 0.450. The predicted octanol–water partition coefficient (Wildman–Crippen LogP) is 2.61. The number of ether oxygens (including phenoxy) is 3. The van der Waals surface area contributed by atoms with Gasteiger partial charge >= 0.3 is 5.97 Å². The minimum Gasteiger partial charge on any atom is -0.465 e. The highest BCUT2D eigenvalue weighted by Gasteiger charge is 2.15. The zero-order chi connectivity index (χ0) is 16.8. The van der Waals surface area contributed by atoms with E-state index in [9.17, 15) is 4.79 Å². The fourth-order valence-corrected chi connectivity index (χ4v) is 2.49. The molecule has 1 aliphatic rings. The molecule has 0 N–H and O–H groups in total. The number of hydrogen-bond donors (Lipinski definition) is 0. The van der Waals surface area contributed by atoms with Crippen molar-refractivity contribution in [3.05, 3.63) is 35.7 Å². The van der Waals surface area contributed by atoms with Gasteiger partial charge in [-0.1, -0.05) is 6.07 Å². The largest absolute Gasteiger partial charge is 0.465 e. The van der Waals surface area contributed by atoms with Gasteiger partial charge in [-0.15, -0.1) is 10.2 Å². The van der Waals surface area contributed by atoms with Gasteiger partial charge in [-0.25, -0.2) is 4.79 Å². The lowest BCUT2D eigenvalue weighted by atomic mass is 10.1. The second-order valence-electron chi connectivity index (χ2n) is 5.49. The van der Waals surface area contributed by atoms with Crippen molar-refractivity contribution in [2.75, 3.05) is 20.3 Å². The molecule has 24 heavy (non-hydrogen) atoms. The molecule has 2 heterocycles. The number of benzene rings is 1. The van der Waals surface area contributed by atoms with E-state index in [2.05, 4.69) is 10.2 Å². The number of carbonyl (C=O) groups is 1. The van der Waals surface area contributed by atoms with Crippen LogP contribution in [0.1, 0.15) is 35.5 Å². The average molecular weight is 332 g/mol. The summed E-state index contributed by atoms with van der Waals surface area (Å²) in [5.41, 5.74) is 1.11. The van der Waals surface area contributed by atoms with Gasteiger partial charge < -0.3 is 18.6 Å². The second kappa shape index (κ2) is 8.03. The van der Waals surface area contributed by atoms with Gasteiger partial charge in [0, 0.05) is 18.6 Å². The molecular weight excluding hydrogens is 312 g/mol. The van der Waals surface area contributed by atoms with Crippen molar-refractivity contribution in [1.29, 1.82) is 0 Å². The van der Waals surface area contributed by atoms with Crippen LogP contribution in [0.25, 0.3) is 11.5 Å². The van der Waals surface area contributed by atoms with E-state index in [1.54, 1.807) is 24.3 Å². The Morgan fingerprint density at radius 1 is 1.33 bits per heavy atom. The normalized spacial score (nSPS) is 17.6. The van der Waals surface area contributed by atoms with Crippen LogP contribution in [0.3, 0.4) is 0 Å². The third kappa shape index (κ3) is 4.18. The molecule has 7 heteroatoms. The molecule has 1 aliphatic heterocycles. The van der Waals surface area contributed by atoms with Gasteiger partial charge in [-0.05, 0) is 37.5 Å². The molecule has 3 rings (SSSR count). The van der Waals surface area contributed by atoms with Gasteiger partial charge in [-0.3, -0.25) is 0 Å². The number of methoxy groups -OCH3 is 1. The van der Waals surface area contributed by atoms with Gasteiger partial charge in [0.2, 0.25) is 11.8 Å². The first-order valence-corrected chi connectivity index (χ1v) is 8.00. The SMILES string of the molecule is COC(=O)c1cccc(-c2nnc(CCOC3CCCCO3)o2)c1. The number of rotatable bonds is 6. The molecule has 1 saturated heterocycles. The molecular formula is C17H20N2O5. The van der Waals surface area contributed by atoms with Crippen molar-refractivity contribution >= 4 is 5.97 Å². The molecule has 0 amide bonds. The number of hydrogen-bond acceptors (Lipinski definition) is 7. The molecule has 1 atom stereocenters. The Morgan fingerprint density at radius 3 is 3.04 bits per heavy atom. The Balaban J connectivity index is 1.58. The van der Waals surface area contributed by atoms with Crippen LogP contribution >= 0.6 is 0 Å². The van der Waals surface area contributed by atoms with Crippen LogP contribution in [0.2, 0.25) is 0 Å².